The molecule has 0 fully saturated rings. The molecule has 1 aromatic rings. The molecule has 6 nitrogen and oxygen atoms in total. The molecule has 0 aromatic carbocycles. The van der Waals surface area contributed by atoms with Gasteiger partial charge in [0.15, 0.2) is 12.3 Å². The van der Waals surface area contributed by atoms with Gasteiger partial charge in [-0.2, -0.15) is 0 Å². The first-order valence-electron chi connectivity index (χ1n) is 5.41. The van der Waals surface area contributed by atoms with E-state index >= 15 is 0 Å². The first-order valence-corrected chi connectivity index (χ1v) is 5.41. The molecule has 0 radical (unpaired) electrons. The van der Waals surface area contributed by atoms with Gasteiger partial charge in [-0.1, -0.05) is 15.8 Å². The van der Waals surface area contributed by atoms with Crippen LogP contribution in [0.25, 0.3) is 0 Å². The van der Waals surface area contributed by atoms with Crippen LogP contribution in [0.2, 0.25) is 0 Å². The van der Waals surface area contributed by atoms with Gasteiger partial charge >= 0.3 is 6.03 Å². The van der Waals surface area contributed by atoms with Crippen molar-refractivity contribution in [1.29, 1.82) is 0 Å². The summed E-state index contributed by atoms with van der Waals surface area (Å²) in [5.41, 5.74) is 6.30. The van der Waals surface area contributed by atoms with E-state index in [0.29, 0.717) is 11.4 Å². The molecule has 1 unspecified atom stereocenters. The number of hydrogen-bond donors (Lipinski definition) is 1. The van der Waals surface area contributed by atoms with Crippen LogP contribution < -0.4 is 5.73 Å². The summed E-state index contributed by atoms with van der Waals surface area (Å²) in [5.74, 6) is -0.122. The SMILES string of the molecule is CC(=O)c1cccc(C[N+]2(C(N)=O)C=CC=N2)n1. The second-order valence-corrected chi connectivity index (χ2v) is 4.00. The molecule has 2 rings (SSSR count). The molecule has 2 amide bonds. The monoisotopic (exact) mass is 245 g/mol. The van der Waals surface area contributed by atoms with Crippen molar-refractivity contribution in [1.82, 2.24) is 4.98 Å². The first kappa shape index (κ1) is 12.1. The Kier molecular flexibility index (Phi) is 3.03. The molecular weight excluding hydrogens is 232 g/mol. The summed E-state index contributed by atoms with van der Waals surface area (Å²) >= 11 is 0. The van der Waals surface area contributed by atoms with Gasteiger partial charge in [-0.15, -0.1) is 0 Å². The topological polar surface area (TPSA) is 85.4 Å². The predicted molar refractivity (Wildman–Crippen MR) is 65.4 cm³/mol. The first-order chi connectivity index (χ1) is 8.53. The van der Waals surface area contributed by atoms with Crippen LogP contribution in [0, 0.1) is 0 Å². The number of urea groups is 1. The lowest BCUT2D eigenvalue weighted by Gasteiger charge is -2.20. The summed E-state index contributed by atoms with van der Waals surface area (Å²) in [6.07, 6.45) is 4.75. The van der Waals surface area contributed by atoms with Crippen LogP contribution in [0.5, 0.6) is 0 Å². The lowest BCUT2D eigenvalue weighted by Crippen LogP contribution is -2.45. The normalized spacial score (nSPS) is 21.2. The van der Waals surface area contributed by atoms with Gasteiger partial charge in [-0.25, -0.2) is 9.78 Å². The van der Waals surface area contributed by atoms with Crippen LogP contribution in [0.4, 0.5) is 4.79 Å². The highest BCUT2D eigenvalue weighted by molar-refractivity contribution is 5.92. The molecule has 2 heterocycles. The number of amides is 2. The number of nitrogens with two attached hydrogens (primary N) is 1. The third kappa shape index (κ3) is 2.18. The van der Waals surface area contributed by atoms with Crippen LogP contribution in [-0.2, 0) is 6.54 Å². The molecule has 2 N–H and O–H groups in total. The number of primary amides is 1. The fourth-order valence-corrected chi connectivity index (χ4v) is 1.69. The minimum atomic E-state index is -0.588. The highest BCUT2D eigenvalue weighted by Crippen LogP contribution is 2.18. The maximum atomic E-state index is 11.5. The Labute approximate surface area is 104 Å². The Bertz CT molecular complexity index is 551. The molecule has 18 heavy (non-hydrogen) atoms. The second kappa shape index (κ2) is 4.50. The fourth-order valence-electron chi connectivity index (χ4n) is 1.69. The van der Waals surface area contributed by atoms with Gasteiger partial charge in [-0.3, -0.25) is 4.79 Å². The molecule has 1 aromatic heterocycles. The van der Waals surface area contributed by atoms with Crippen molar-refractivity contribution in [3.63, 3.8) is 0 Å². The molecule has 0 saturated carbocycles. The molecule has 1 aliphatic rings. The number of quaternary nitrogens is 1. The number of carbonyl (C=O) groups excluding carboxylic acids is 2. The highest BCUT2D eigenvalue weighted by atomic mass is 16.2. The Hall–Kier alpha value is -2.34. The van der Waals surface area contributed by atoms with E-state index < -0.39 is 6.03 Å². The number of rotatable bonds is 3. The lowest BCUT2D eigenvalue weighted by molar-refractivity contribution is -0.815. The summed E-state index contributed by atoms with van der Waals surface area (Å²) in [5, 5.41) is 4.04. The maximum absolute atomic E-state index is 11.5. The molecule has 0 saturated heterocycles. The largest absolute Gasteiger partial charge is 0.445 e. The number of allylic oxidation sites excluding steroid dienone is 1. The van der Waals surface area contributed by atoms with Crippen LogP contribution in [0.3, 0.4) is 0 Å². The van der Waals surface area contributed by atoms with Crippen molar-refractivity contribution in [2.45, 2.75) is 13.5 Å². The summed E-state index contributed by atoms with van der Waals surface area (Å²) in [7, 11) is 0. The van der Waals surface area contributed by atoms with E-state index in [0.717, 1.165) is 0 Å². The Morgan fingerprint density at radius 1 is 1.39 bits per heavy atom. The summed E-state index contributed by atoms with van der Waals surface area (Å²) in [6, 6.07) is 4.50. The number of aromatic nitrogens is 1. The Balaban J connectivity index is 2.31. The van der Waals surface area contributed by atoms with Gasteiger partial charge < -0.3 is 5.73 Å². The zero-order valence-corrected chi connectivity index (χ0v) is 9.91. The van der Waals surface area contributed by atoms with Crippen molar-refractivity contribution < 1.29 is 14.2 Å². The number of nitrogens with zero attached hydrogens (tertiary/aromatic N) is 3. The maximum Gasteiger partial charge on any atom is 0.445 e. The molecular formula is C12H13N4O2+. The molecule has 1 atom stereocenters. The van der Waals surface area contributed by atoms with Crippen LogP contribution in [-0.4, -0.2) is 27.6 Å². The van der Waals surface area contributed by atoms with E-state index in [1.54, 1.807) is 30.5 Å². The van der Waals surface area contributed by atoms with Gasteiger partial charge in [0.1, 0.15) is 11.9 Å². The van der Waals surface area contributed by atoms with E-state index in [2.05, 4.69) is 10.1 Å². The van der Waals surface area contributed by atoms with Gasteiger partial charge in [0.25, 0.3) is 0 Å². The Morgan fingerprint density at radius 3 is 2.72 bits per heavy atom. The molecule has 92 valence electrons. The molecule has 0 bridgehead atoms. The second-order valence-electron chi connectivity index (χ2n) is 4.00. The van der Waals surface area contributed by atoms with Gasteiger partial charge in [-0.05, 0) is 12.1 Å². The molecule has 1 aliphatic heterocycles. The molecule has 0 spiro atoms. The standard InChI is InChI=1S/C12H12N4O2/c1-9(17)11-5-2-4-10(15-11)8-16(12(13)18)7-3-6-14-16/h2-7H,8H2,1H3,(H-,13,18)/p+1. The minimum absolute atomic E-state index is 0.122. The quantitative estimate of drug-likeness (QED) is 0.641. The van der Waals surface area contributed by atoms with E-state index in [9.17, 15) is 9.59 Å². The minimum Gasteiger partial charge on any atom is -0.316 e. The van der Waals surface area contributed by atoms with Crippen molar-refractivity contribution >= 4 is 18.0 Å². The van der Waals surface area contributed by atoms with Crippen LogP contribution >= 0.6 is 0 Å². The van der Waals surface area contributed by atoms with E-state index in [-0.39, 0.29) is 16.9 Å². The third-order valence-electron chi connectivity index (χ3n) is 2.64. The van der Waals surface area contributed by atoms with E-state index in [1.165, 1.54) is 13.1 Å². The lowest BCUT2D eigenvalue weighted by atomic mass is 10.2. The van der Waals surface area contributed by atoms with E-state index in [4.69, 9.17) is 5.73 Å². The number of carbonyl (C=O) groups is 2. The van der Waals surface area contributed by atoms with E-state index in [1.807, 2.05) is 0 Å². The molecule has 0 aliphatic carbocycles. The van der Waals surface area contributed by atoms with Crippen LogP contribution in [0.1, 0.15) is 23.1 Å². The number of ketones is 1. The van der Waals surface area contributed by atoms with Crippen molar-refractivity contribution in [2.75, 3.05) is 0 Å². The fraction of sp³-hybridized carbons (Fsp3) is 0.167. The van der Waals surface area contributed by atoms with Crippen LogP contribution in [0.15, 0.2) is 35.6 Å². The molecule has 6 heteroatoms. The van der Waals surface area contributed by atoms with Gasteiger partial charge in [0.2, 0.25) is 0 Å². The Morgan fingerprint density at radius 2 is 2.17 bits per heavy atom. The van der Waals surface area contributed by atoms with Crippen molar-refractivity contribution in [3.8, 4) is 0 Å². The third-order valence-corrected chi connectivity index (χ3v) is 2.64. The predicted octanol–water partition coefficient (Wildman–Crippen LogP) is 1.19. The summed E-state index contributed by atoms with van der Waals surface area (Å²) < 4.78 is -0.353. The number of hydrogen-bond acceptors (Lipinski definition) is 4. The highest BCUT2D eigenvalue weighted by Gasteiger charge is 2.35. The number of pyridine rings is 1. The van der Waals surface area contributed by atoms with Gasteiger partial charge in [0, 0.05) is 13.0 Å². The smallest absolute Gasteiger partial charge is 0.316 e. The summed E-state index contributed by atoms with van der Waals surface area (Å²) in [4.78, 5) is 26.9. The zero-order valence-electron chi connectivity index (χ0n) is 9.91. The van der Waals surface area contributed by atoms with Crippen molar-refractivity contribution in [3.05, 3.63) is 41.9 Å². The zero-order chi connectivity index (χ0) is 13.2. The average molecular weight is 245 g/mol. The number of Topliss-reactive ketones (excluding diaryl/α,β-unsaturated/α-hetero) is 1. The average Bonchev–Trinajstić information content (AvgIpc) is 2.79. The van der Waals surface area contributed by atoms with Crippen molar-refractivity contribution in [2.24, 2.45) is 10.8 Å². The summed E-state index contributed by atoms with van der Waals surface area (Å²) in [6.45, 7) is 1.64. The van der Waals surface area contributed by atoms with Gasteiger partial charge in [0.05, 0.1) is 11.9 Å².